The van der Waals surface area contributed by atoms with E-state index in [0.29, 0.717) is 17.1 Å². The van der Waals surface area contributed by atoms with E-state index in [-0.39, 0.29) is 0 Å². The quantitative estimate of drug-likeness (QED) is 0.535. The average molecular weight is 197 g/mol. The van der Waals surface area contributed by atoms with Crippen molar-refractivity contribution in [3.63, 3.8) is 0 Å². The molecular weight excluding hydrogens is 186 g/mol. The van der Waals surface area contributed by atoms with Crippen LogP contribution in [-0.4, -0.2) is 21.8 Å². The number of aryl methyl sites for hydroxylation is 2. The summed E-state index contributed by atoms with van der Waals surface area (Å²) >= 11 is 0. The SMILES string of the molecule is COc1c(/C=C/[N+](=O)[O-])c(C)nn1C. The van der Waals surface area contributed by atoms with Crippen LogP contribution in [0.4, 0.5) is 0 Å². The second-order valence-corrected chi connectivity index (χ2v) is 2.73. The van der Waals surface area contributed by atoms with Gasteiger partial charge in [0.2, 0.25) is 12.1 Å². The summed E-state index contributed by atoms with van der Waals surface area (Å²) in [6.45, 7) is 1.77. The van der Waals surface area contributed by atoms with Crippen LogP contribution in [0.15, 0.2) is 6.20 Å². The summed E-state index contributed by atoms with van der Waals surface area (Å²) in [6, 6.07) is 0. The topological polar surface area (TPSA) is 70.2 Å². The Morgan fingerprint density at radius 2 is 2.29 bits per heavy atom. The number of aromatic nitrogens is 2. The summed E-state index contributed by atoms with van der Waals surface area (Å²) < 4.78 is 6.59. The van der Waals surface area contributed by atoms with E-state index in [0.717, 1.165) is 6.20 Å². The first-order valence-corrected chi connectivity index (χ1v) is 3.95. The fourth-order valence-corrected chi connectivity index (χ4v) is 1.22. The summed E-state index contributed by atoms with van der Waals surface area (Å²) in [5.74, 6) is 0.514. The van der Waals surface area contributed by atoms with Gasteiger partial charge in [-0.15, -0.1) is 0 Å². The lowest BCUT2D eigenvalue weighted by atomic mass is 10.2. The molecule has 76 valence electrons. The van der Waals surface area contributed by atoms with Crippen LogP contribution in [0.2, 0.25) is 0 Å². The summed E-state index contributed by atoms with van der Waals surface area (Å²) in [6.07, 6.45) is 2.24. The van der Waals surface area contributed by atoms with Gasteiger partial charge < -0.3 is 4.74 Å². The number of hydrogen-bond acceptors (Lipinski definition) is 4. The third kappa shape index (κ3) is 1.90. The normalized spacial score (nSPS) is 10.8. The molecule has 0 fully saturated rings. The van der Waals surface area contributed by atoms with Gasteiger partial charge in [-0.2, -0.15) is 5.10 Å². The third-order valence-electron chi connectivity index (χ3n) is 1.77. The van der Waals surface area contributed by atoms with Crippen molar-refractivity contribution in [3.8, 4) is 5.88 Å². The van der Waals surface area contributed by atoms with Gasteiger partial charge in [-0.25, -0.2) is 4.68 Å². The van der Waals surface area contributed by atoms with E-state index in [9.17, 15) is 10.1 Å². The molecule has 6 nitrogen and oxygen atoms in total. The second kappa shape index (κ2) is 3.91. The second-order valence-electron chi connectivity index (χ2n) is 2.73. The Morgan fingerprint density at radius 1 is 1.64 bits per heavy atom. The smallest absolute Gasteiger partial charge is 0.235 e. The molecule has 1 rings (SSSR count). The van der Waals surface area contributed by atoms with Crippen molar-refractivity contribution in [2.45, 2.75) is 6.92 Å². The van der Waals surface area contributed by atoms with Gasteiger partial charge >= 0.3 is 0 Å². The molecule has 0 aliphatic heterocycles. The summed E-state index contributed by atoms with van der Waals surface area (Å²) in [5, 5.41) is 14.2. The fraction of sp³-hybridized carbons (Fsp3) is 0.375. The third-order valence-corrected chi connectivity index (χ3v) is 1.77. The predicted molar refractivity (Wildman–Crippen MR) is 50.5 cm³/mol. The molecule has 1 heterocycles. The first-order valence-electron chi connectivity index (χ1n) is 3.95. The van der Waals surface area contributed by atoms with Crippen molar-refractivity contribution >= 4 is 6.08 Å². The maximum Gasteiger partial charge on any atom is 0.235 e. The summed E-state index contributed by atoms with van der Waals surface area (Å²) in [4.78, 5) is 9.62. The molecule has 0 unspecified atom stereocenters. The first-order chi connectivity index (χ1) is 6.56. The van der Waals surface area contributed by atoms with Crippen molar-refractivity contribution < 1.29 is 9.66 Å². The van der Waals surface area contributed by atoms with Crippen LogP contribution in [0.5, 0.6) is 5.88 Å². The van der Waals surface area contributed by atoms with Crippen molar-refractivity contribution in [3.05, 3.63) is 27.6 Å². The van der Waals surface area contributed by atoms with Crippen LogP contribution in [0.1, 0.15) is 11.3 Å². The molecule has 0 amide bonds. The standard InChI is InChI=1S/C8H11N3O3/c1-6-7(4-5-11(12)13)8(14-3)10(2)9-6/h4-5H,1-3H3/b5-4+. The number of hydrogen-bond donors (Lipinski definition) is 0. The minimum atomic E-state index is -0.522. The van der Waals surface area contributed by atoms with Crippen molar-refractivity contribution in [2.24, 2.45) is 7.05 Å². The summed E-state index contributed by atoms with van der Waals surface area (Å²) in [7, 11) is 3.22. The van der Waals surface area contributed by atoms with E-state index in [2.05, 4.69) is 5.10 Å². The molecule has 0 bridgehead atoms. The molecule has 14 heavy (non-hydrogen) atoms. The van der Waals surface area contributed by atoms with Gasteiger partial charge in [-0.05, 0) is 6.92 Å². The largest absolute Gasteiger partial charge is 0.481 e. The maximum atomic E-state index is 10.1. The molecule has 1 aromatic heterocycles. The van der Waals surface area contributed by atoms with E-state index < -0.39 is 4.92 Å². The number of ether oxygens (including phenoxy) is 1. The highest BCUT2D eigenvalue weighted by Gasteiger charge is 2.11. The maximum absolute atomic E-state index is 10.1. The zero-order valence-electron chi connectivity index (χ0n) is 8.22. The Morgan fingerprint density at radius 3 is 2.79 bits per heavy atom. The van der Waals surface area contributed by atoms with Gasteiger partial charge in [0.05, 0.1) is 23.3 Å². The Bertz CT molecular complexity index is 381. The van der Waals surface area contributed by atoms with Crippen LogP contribution in [0.3, 0.4) is 0 Å². The molecule has 0 saturated carbocycles. The highest BCUT2D eigenvalue weighted by molar-refractivity contribution is 5.56. The zero-order chi connectivity index (χ0) is 10.7. The minimum absolute atomic E-state index is 0.514. The van der Waals surface area contributed by atoms with Crippen LogP contribution in [-0.2, 0) is 7.05 Å². The van der Waals surface area contributed by atoms with Gasteiger partial charge in [0.25, 0.3) is 0 Å². The van der Waals surface area contributed by atoms with Gasteiger partial charge in [0, 0.05) is 13.1 Å². The number of rotatable bonds is 3. The molecule has 0 aliphatic rings. The lowest BCUT2D eigenvalue weighted by molar-refractivity contribution is -0.400. The van der Waals surface area contributed by atoms with Crippen molar-refractivity contribution in [1.29, 1.82) is 0 Å². The Balaban J connectivity index is 3.12. The fourth-order valence-electron chi connectivity index (χ4n) is 1.22. The monoisotopic (exact) mass is 197 g/mol. The van der Waals surface area contributed by atoms with Crippen molar-refractivity contribution in [1.82, 2.24) is 9.78 Å². The number of nitrogens with zero attached hydrogens (tertiary/aromatic N) is 3. The molecule has 1 aromatic rings. The van der Waals surface area contributed by atoms with Crippen LogP contribution in [0.25, 0.3) is 6.08 Å². The van der Waals surface area contributed by atoms with E-state index in [1.807, 2.05) is 0 Å². The lowest BCUT2D eigenvalue weighted by Gasteiger charge is -1.99. The molecule has 0 aliphatic carbocycles. The molecule has 0 saturated heterocycles. The summed E-state index contributed by atoms with van der Waals surface area (Å²) in [5.41, 5.74) is 1.33. The molecule has 0 aromatic carbocycles. The van der Waals surface area contributed by atoms with Gasteiger partial charge in [0.1, 0.15) is 0 Å². The van der Waals surface area contributed by atoms with Crippen LogP contribution >= 0.6 is 0 Å². The molecular formula is C8H11N3O3. The molecule has 0 atom stereocenters. The number of methoxy groups -OCH3 is 1. The van der Waals surface area contributed by atoms with Crippen molar-refractivity contribution in [2.75, 3.05) is 7.11 Å². The van der Waals surface area contributed by atoms with E-state index in [1.165, 1.54) is 17.9 Å². The Labute approximate surface area is 80.9 Å². The van der Waals surface area contributed by atoms with Crippen LogP contribution in [0, 0.1) is 17.0 Å². The van der Waals surface area contributed by atoms with Gasteiger partial charge in [0.15, 0.2) is 0 Å². The zero-order valence-corrected chi connectivity index (χ0v) is 8.22. The van der Waals surface area contributed by atoms with E-state index in [4.69, 9.17) is 4.74 Å². The first kappa shape index (κ1) is 10.2. The highest BCUT2D eigenvalue weighted by atomic mass is 16.6. The van der Waals surface area contributed by atoms with Gasteiger partial charge in [-0.3, -0.25) is 10.1 Å². The van der Waals surface area contributed by atoms with Crippen LogP contribution < -0.4 is 4.74 Å². The molecule has 0 radical (unpaired) electrons. The van der Waals surface area contributed by atoms with E-state index in [1.54, 1.807) is 14.0 Å². The van der Waals surface area contributed by atoms with Gasteiger partial charge in [-0.1, -0.05) is 0 Å². The lowest BCUT2D eigenvalue weighted by Crippen LogP contribution is -1.95. The Hall–Kier alpha value is -1.85. The van der Waals surface area contributed by atoms with E-state index >= 15 is 0 Å². The molecule has 0 N–H and O–H groups in total. The molecule has 0 spiro atoms. The minimum Gasteiger partial charge on any atom is -0.481 e. The average Bonchev–Trinajstić information content (AvgIpc) is 2.36. The number of nitro groups is 1. The molecule has 6 heteroatoms. The predicted octanol–water partition coefficient (Wildman–Crippen LogP) is 0.985. The highest BCUT2D eigenvalue weighted by Crippen LogP contribution is 2.21. The Kier molecular flexibility index (Phi) is 2.85.